The smallest absolute Gasteiger partial charge is 0.234 e. The lowest BCUT2D eigenvalue weighted by molar-refractivity contribution is -0.112. The van der Waals surface area contributed by atoms with Crippen LogP contribution in [0, 0.1) is 11.3 Å². The van der Waals surface area contributed by atoms with Gasteiger partial charge in [0.15, 0.2) is 0 Å². The number of oxazole rings is 1. The second-order valence-corrected chi connectivity index (χ2v) is 5.83. The van der Waals surface area contributed by atoms with Crippen molar-refractivity contribution in [2.45, 2.75) is 24.4 Å². The molecule has 0 bridgehead atoms. The van der Waals surface area contributed by atoms with Gasteiger partial charge in [0.1, 0.15) is 30.5 Å². The van der Waals surface area contributed by atoms with Crippen LogP contribution in [-0.2, 0) is 0 Å². The summed E-state index contributed by atoms with van der Waals surface area (Å²) in [5.74, 6) is 0.324. The minimum absolute atomic E-state index is 0.00369. The van der Waals surface area contributed by atoms with E-state index in [1.165, 1.54) is 11.9 Å². The van der Waals surface area contributed by atoms with E-state index in [1.807, 2.05) is 12.1 Å². The van der Waals surface area contributed by atoms with Crippen LogP contribution < -0.4 is 4.90 Å². The lowest BCUT2D eigenvalue weighted by atomic mass is 10.0. The van der Waals surface area contributed by atoms with Crippen LogP contribution >= 0.6 is 0 Å². The van der Waals surface area contributed by atoms with Gasteiger partial charge in [-0.1, -0.05) is 18.2 Å². The Balaban J connectivity index is 2.15. The van der Waals surface area contributed by atoms with Crippen molar-refractivity contribution < 1.29 is 29.9 Å². The van der Waals surface area contributed by atoms with Gasteiger partial charge < -0.3 is 34.8 Å². The fourth-order valence-electron chi connectivity index (χ4n) is 2.38. The molecule has 0 spiro atoms. The van der Waals surface area contributed by atoms with Crippen LogP contribution in [0.5, 0.6) is 0 Å². The number of nitrogens with zero attached hydrogens (tertiary/aromatic N) is 3. The molecule has 0 amide bonds. The molecule has 0 radical (unpaired) electrons. The Morgan fingerprint density at radius 3 is 2.31 bits per heavy atom. The number of hydrogen-bond acceptors (Lipinski definition) is 9. The molecule has 2 aromatic rings. The predicted octanol–water partition coefficient (Wildman–Crippen LogP) is -0.915. The van der Waals surface area contributed by atoms with Gasteiger partial charge >= 0.3 is 0 Å². The highest BCUT2D eigenvalue weighted by Crippen LogP contribution is 2.27. The molecule has 26 heavy (non-hydrogen) atoms. The number of aromatic nitrogens is 1. The Bertz CT molecular complexity index is 745. The van der Waals surface area contributed by atoms with Crippen molar-refractivity contribution in [1.82, 2.24) is 4.98 Å². The highest BCUT2D eigenvalue weighted by atomic mass is 16.4. The Morgan fingerprint density at radius 1 is 1.12 bits per heavy atom. The average molecular weight is 363 g/mol. The first kappa shape index (κ1) is 19.8. The third-order valence-corrected chi connectivity index (χ3v) is 3.87. The molecule has 5 N–H and O–H groups in total. The van der Waals surface area contributed by atoms with E-state index in [2.05, 4.69) is 4.98 Å². The summed E-state index contributed by atoms with van der Waals surface area (Å²) in [7, 11) is 1.51. The van der Waals surface area contributed by atoms with Gasteiger partial charge in [-0.15, -0.1) is 0 Å². The minimum Gasteiger partial charge on any atom is -0.419 e. The summed E-state index contributed by atoms with van der Waals surface area (Å²) in [5.41, 5.74) is 0.676. The molecular formula is C17H21N3O6. The van der Waals surface area contributed by atoms with Crippen molar-refractivity contribution in [2.24, 2.45) is 0 Å². The molecule has 1 aromatic heterocycles. The number of aliphatic hydroxyl groups is 5. The lowest BCUT2D eigenvalue weighted by Crippen LogP contribution is -2.49. The maximum atomic E-state index is 10.1. The van der Waals surface area contributed by atoms with Crippen LogP contribution in [0.15, 0.2) is 34.7 Å². The van der Waals surface area contributed by atoms with Crippen molar-refractivity contribution in [3.05, 3.63) is 36.0 Å². The fraction of sp³-hybridized carbons (Fsp3) is 0.412. The molecule has 0 saturated carbocycles. The van der Waals surface area contributed by atoms with Gasteiger partial charge in [0, 0.05) is 19.2 Å². The normalized spacial score (nSPS) is 15.7. The fourth-order valence-corrected chi connectivity index (χ4v) is 2.38. The molecule has 1 heterocycles. The van der Waals surface area contributed by atoms with Crippen LogP contribution in [0.1, 0.15) is 5.69 Å². The first-order valence-electron chi connectivity index (χ1n) is 7.89. The average Bonchev–Trinajstić information content (AvgIpc) is 3.11. The summed E-state index contributed by atoms with van der Waals surface area (Å²) in [6, 6.07) is 10.9. The van der Waals surface area contributed by atoms with E-state index < -0.39 is 31.0 Å². The second kappa shape index (κ2) is 8.75. The highest BCUT2D eigenvalue weighted by Gasteiger charge is 2.31. The highest BCUT2D eigenvalue weighted by molar-refractivity contribution is 5.59. The summed E-state index contributed by atoms with van der Waals surface area (Å²) < 4.78 is 5.61. The van der Waals surface area contributed by atoms with Crippen LogP contribution in [0.3, 0.4) is 0 Å². The van der Waals surface area contributed by atoms with E-state index in [0.717, 1.165) is 0 Å². The van der Waals surface area contributed by atoms with Gasteiger partial charge in [0.2, 0.25) is 17.5 Å². The Kier molecular flexibility index (Phi) is 6.68. The second-order valence-electron chi connectivity index (χ2n) is 5.83. The van der Waals surface area contributed by atoms with E-state index in [-0.39, 0.29) is 24.0 Å². The summed E-state index contributed by atoms with van der Waals surface area (Å²) >= 11 is 0. The van der Waals surface area contributed by atoms with Crippen LogP contribution in [0.25, 0.3) is 11.5 Å². The molecule has 1 aromatic carbocycles. The van der Waals surface area contributed by atoms with E-state index >= 15 is 0 Å². The SMILES string of the molecule is CN(C[C@H](O)[C@H](O)[C@@H](O)[C@H](O)CO)c1oc(-c2ccccc2)nc1C#N. The predicted molar refractivity (Wildman–Crippen MR) is 91.0 cm³/mol. The van der Waals surface area contributed by atoms with Crippen molar-refractivity contribution in [3.8, 4) is 17.5 Å². The number of anilines is 1. The molecule has 0 saturated heterocycles. The minimum atomic E-state index is -1.73. The summed E-state index contributed by atoms with van der Waals surface area (Å²) in [6.07, 6.45) is -6.50. The van der Waals surface area contributed by atoms with E-state index in [0.29, 0.717) is 5.56 Å². The largest absolute Gasteiger partial charge is 0.419 e. The number of nitriles is 1. The zero-order chi connectivity index (χ0) is 19.3. The van der Waals surface area contributed by atoms with Crippen molar-refractivity contribution in [1.29, 1.82) is 5.26 Å². The van der Waals surface area contributed by atoms with Crippen LogP contribution in [0.2, 0.25) is 0 Å². The number of benzene rings is 1. The molecule has 0 unspecified atom stereocenters. The first-order chi connectivity index (χ1) is 12.4. The van der Waals surface area contributed by atoms with Crippen LogP contribution in [0.4, 0.5) is 5.88 Å². The van der Waals surface area contributed by atoms with Crippen molar-refractivity contribution in [2.75, 3.05) is 25.1 Å². The molecule has 2 rings (SSSR count). The molecule has 140 valence electrons. The standard InChI is InChI=1S/C17H21N3O6/c1-20(8-12(22)14(24)15(25)13(23)9-21)17-11(7-18)19-16(26-17)10-5-3-2-4-6-10/h2-6,12-15,21-25H,8-9H2,1H3/t12-,13+,14-,15-/m0/s1. The molecular weight excluding hydrogens is 342 g/mol. The lowest BCUT2D eigenvalue weighted by Gasteiger charge is -2.28. The quantitative estimate of drug-likeness (QED) is 0.401. The monoisotopic (exact) mass is 363 g/mol. The summed E-state index contributed by atoms with van der Waals surface area (Å²) in [4.78, 5) is 5.48. The van der Waals surface area contributed by atoms with Crippen molar-refractivity contribution >= 4 is 5.88 Å². The summed E-state index contributed by atoms with van der Waals surface area (Å²) in [5, 5.41) is 57.0. The molecule has 0 fully saturated rings. The summed E-state index contributed by atoms with van der Waals surface area (Å²) in [6.45, 7) is -0.976. The number of rotatable bonds is 8. The first-order valence-corrected chi connectivity index (χ1v) is 7.89. The Hall–Kier alpha value is -2.48. The van der Waals surface area contributed by atoms with Crippen LogP contribution in [-0.4, -0.2) is 75.1 Å². The zero-order valence-electron chi connectivity index (χ0n) is 14.1. The molecule has 9 heteroatoms. The van der Waals surface area contributed by atoms with E-state index in [4.69, 9.17) is 9.52 Å². The van der Waals surface area contributed by atoms with Gasteiger partial charge in [-0.05, 0) is 12.1 Å². The number of hydrogen-bond donors (Lipinski definition) is 5. The third kappa shape index (κ3) is 4.37. The molecule has 0 aliphatic carbocycles. The Labute approximate surface area is 150 Å². The molecule has 4 atom stereocenters. The van der Waals surface area contributed by atoms with Gasteiger partial charge in [-0.25, -0.2) is 0 Å². The number of likely N-dealkylation sites (N-methyl/N-ethyl adjacent to an activating group) is 1. The third-order valence-electron chi connectivity index (χ3n) is 3.87. The van der Waals surface area contributed by atoms with Gasteiger partial charge in [0.05, 0.1) is 6.61 Å². The topological polar surface area (TPSA) is 154 Å². The van der Waals surface area contributed by atoms with Gasteiger partial charge in [0.25, 0.3) is 0 Å². The van der Waals surface area contributed by atoms with Crippen molar-refractivity contribution in [3.63, 3.8) is 0 Å². The molecule has 9 nitrogen and oxygen atoms in total. The van der Waals surface area contributed by atoms with Gasteiger partial charge in [-0.2, -0.15) is 10.2 Å². The van der Waals surface area contributed by atoms with E-state index in [9.17, 15) is 25.7 Å². The van der Waals surface area contributed by atoms with E-state index in [1.54, 1.807) is 24.3 Å². The maximum absolute atomic E-state index is 10.1. The maximum Gasteiger partial charge on any atom is 0.234 e. The molecule has 0 aliphatic heterocycles. The number of aliphatic hydroxyl groups excluding tert-OH is 5. The molecule has 0 aliphatic rings. The zero-order valence-corrected chi connectivity index (χ0v) is 14.1. The Morgan fingerprint density at radius 2 is 1.73 bits per heavy atom. The van der Waals surface area contributed by atoms with Gasteiger partial charge in [-0.3, -0.25) is 0 Å².